The number of carbonyl (C=O) groups is 1. The van der Waals surface area contributed by atoms with Gasteiger partial charge in [-0.05, 0) is 78.7 Å². The van der Waals surface area contributed by atoms with E-state index in [1.165, 1.54) is 29.5 Å². The van der Waals surface area contributed by atoms with Crippen molar-refractivity contribution >= 4 is 11.4 Å². The zero-order valence-electron chi connectivity index (χ0n) is 18.3. The summed E-state index contributed by atoms with van der Waals surface area (Å²) < 4.78 is 5.31. The average molecular weight is 391 g/mol. The van der Waals surface area contributed by atoms with E-state index in [9.17, 15) is 4.79 Å². The summed E-state index contributed by atoms with van der Waals surface area (Å²) in [4.78, 5) is 13.6. The van der Waals surface area contributed by atoms with Crippen molar-refractivity contribution in [2.45, 2.75) is 66.2 Å². The van der Waals surface area contributed by atoms with E-state index in [1.54, 1.807) is 12.5 Å². The van der Waals surface area contributed by atoms with Gasteiger partial charge in [-0.3, -0.25) is 4.79 Å². The van der Waals surface area contributed by atoms with Gasteiger partial charge in [0.1, 0.15) is 0 Å². The Labute approximate surface area is 175 Å². The number of allylic oxidation sites excluding steroid dienone is 2. The summed E-state index contributed by atoms with van der Waals surface area (Å²) in [6, 6.07) is 8.62. The molecule has 0 spiro atoms. The first kappa shape index (κ1) is 20.2. The molecule has 1 heterocycles. The van der Waals surface area contributed by atoms with Crippen molar-refractivity contribution in [1.29, 1.82) is 0 Å². The predicted molar refractivity (Wildman–Crippen MR) is 120 cm³/mol. The maximum Gasteiger partial charge on any atom is 0.166 e. The van der Waals surface area contributed by atoms with E-state index in [1.807, 2.05) is 6.07 Å². The van der Waals surface area contributed by atoms with Gasteiger partial charge in [0.05, 0.1) is 12.5 Å². The fourth-order valence-corrected chi connectivity index (χ4v) is 5.35. The first-order chi connectivity index (χ1) is 14.0. The van der Waals surface area contributed by atoms with Crippen LogP contribution in [0.1, 0.15) is 70.9 Å². The summed E-state index contributed by atoms with van der Waals surface area (Å²) in [5, 5.41) is 0. The molecule has 1 aromatic carbocycles. The highest BCUT2D eigenvalue weighted by Gasteiger charge is 2.41. The zero-order chi connectivity index (χ0) is 20.5. The molecule has 0 N–H and O–H groups in total. The minimum Gasteiger partial charge on any atom is -0.472 e. The number of benzene rings is 1. The Morgan fingerprint density at radius 3 is 2.52 bits per heavy atom. The van der Waals surface area contributed by atoms with Crippen LogP contribution in [0.15, 0.2) is 46.8 Å². The highest BCUT2D eigenvalue weighted by Crippen LogP contribution is 2.49. The molecule has 1 aromatic heterocycles. The molecule has 2 nitrogen and oxygen atoms in total. The summed E-state index contributed by atoms with van der Waals surface area (Å²) in [6.45, 7) is 9.19. The number of hydrogen-bond acceptors (Lipinski definition) is 2. The molecule has 29 heavy (non-hydrogen) atoms. The first-order valence-electron chi connectivity index (χ1n) is 11.5. The molecule has 4 unspecified atom stereocenters. The van der Waals surface area contributed by atoms with Crippen molar-refractivity contribution in [2.75, 3.05) is 0 Å². The van der Waals surface area contributed by atoms with Crippen LogP contribution in [-0.2, 0) is 11.2 Å². The highest BCUT2D eigenvalue weighted by molar-refractivity contribution is 6.24. The van der Waals surface area contributed by atoms with Crippen molar-refractivity contribution in [3.63, 3.8) is 0 Å². The van der Waals surface area contributed by atoms with Crippen molar-refractivity contribution in [1.82, 2.24) is 0 Å². The van der Waals surface area contributed by atoms with Gasteiger partial charge in [0, 0.05) is 17.1 Å². The number of rotatable bonds is 7. The topological polar surface area (TPSA) is 30.2 Å². The lowest BCUT2D eigenvalue weighted by atomic mass is 9.73. The number of Topliss-reactive ketones (excluding diaryl/α,β-unsaturated/α-hetero) is 1. The number of furan rings is 1. The van der Waals surface area contributed by atoms with Crippen LogP contribution in [-0.4, -0.2) is 5.78 Å². The molecule has 4 rings (SSSR count). The maximum absolute atomic E-state index is 13.6. The normalized spacial score (nSPS) is 23.5. The van der Waals surface area contributed by atoms with Crippen LogP contribution in [0.3, 0.4) is 0 Å². The monoisotopic (exact) mass is 390 g/mol. The number of ketones is 1. The third-order valence-corrected chi connectivity index (χ3v) is 7.64. The van der Waals surface area contributed by atoms with Crippen molar-refractivity contribution in [2.24, 2.45) is 23.7 Å². The third kappa shape index (κ3) is 3.74. The molecule has 4 atom stereocenters. The molecular weight excluding hydrogens is 356 g/mol. The fraction of sp³-hybridized carbons (Fsp3) is 0.519. The minimum absolute atomic E-state index is 0.236. The fourth-order valence-electron chi connectivity index (χ4n) is 5.35. The quantitative estimate of drug-likeness (QED) is 0.495. The van der Waals surface area contributed by atoms with Crippen LogP contribution >= 0.6 is 0 Å². The minimum atomic E-state index is 0.236. The van der Waals surface area contributed by atoms with Gasteiger partial charge < -0.3 is 4.42 Å². The van der Waals surface area contributed by atoms with E-state index in [2.05, 4.69) is 45.9 Å². The Hall–Kier alpha value is -2.09. The molecule has 0 amide bonds. The molecule has 1 fully saturated rings. The van der Waals surface area contributed by atoms with E-state index in [0.717, 1.165) is 42.4 Å². The van der Waals surface area contributed by atoms with Gasteiger partial charge in [-0.1, -0.05) is 51.8 Å². The van der Waals surface area contributed by atoms with Crippen LogP contribution in [0.4, 0.5) is 0 Å². The van der Waals surface area contributed by atoms with Crippen LogP contribution < -0.4 is 0 Å². The number of hydrogen-bond donors (Lipinski definition) is 0. The molecule has 2 bridgehead atoms. The van der Waals surface area contributed by atoms with Gasteiger partial charge in [-0.15, -0.1) is 0 Å². The molecule has 2 heteroatoms. The average Bonchev–Trinajstić information content (AvgIpc) is 3.42. The zero-order valence-corrected chi connectivity index (χ0v) is 18.3. The standard InChI is InChI=1S/C27H34O2/c1-5-17(3)18(4)13-24-21-9-10-22(14-21)27(28)26(24)25-15-20(8-7-19(25)6-2)23-11-12-29-16-23/h7-8,11-12,15-18,21-22H,5-6,9-10,13-14H2,1-4H3. The highest BCUT2D eigenvalue weighted by atomic mass is 16.3. The van der Waals surface area contributed by atoms with Gasteiger partial charge in [0.2, 0.25) is 0 Å². The molecule has 154 valence electrons. The van der Waals surface area contributed by atoms with E-state index in [0.29, 0.717) is 23.5 Å². The van der Waals surface area contributed by atoms with Gasteiger partial charge >= 0.3 is 0 Å². The Kier molecular flexibility index (Phi) is 5.81. The first-order valence-corrected chi connectivity index (χ1v) is 11.5. The number of fused-ring (bicyclic) bond motifs is 2. The van der Waals surface area contributed by atoms with Crippen molar-refractivity contribution in [3.8, 4) is 11.1 Å². The third-order valence-electron chi connectivity index (χ3n) is 7.64. The Balaban J connectivity index is 1.85. The van der Waals surface area contributed by atoms with Crippen LogP contribution in [0.5, 0.6) is 0 Å². The lowest BCUT2D eigenvalue weighted by Gasteiger charge is -2.30. The molecule has 0 aliphatic heterocycles. The molecule has 2 aliphatic rings. The molecule has 2 aliphatic carbocycles. The number of aryl methyl sites for hydroxylation is 1. The second kappa shape index (κ2) is 8.34. The van der Waals surface area contributed by atoms with Gasteiger partial charge in [0.25, 0.3) is 0 Å². The Bertz CT molecular complexity index is 903. The Morgan fingerprint density at radius 1 is 1.03 bits per heavy atom. The van der Waals surface area contributed by atoms with Crippen LogP contribution in [0.2, 0.25) is 0 Å². The molecule has 1 saturated carbocycles. The summed E-state index contributed by atoms with van der Waals surface area (Å²) in [5.41, 5.74) is 7.21. The van der Waals surface area contributed by atoms with Gasteiger partial charge in [-0.2, -0.15) is 0 Å². The predicted octanol–water partition coefficient (Wildman–Crippen LogP) is 7.33. The van der Waals surface area contributed by atoms with Crippen LogP contribution in [0, 0.1) is 23.7 Å². The van der Waals surface area contributed by atoms with E-state index in [4.69, 9.17) is 4.42 Å². The van der Waals surface area contributed by atoms with E-state index in [-0.39, 0.29) is 5.92 Å². The summed E-state index contributed by atoms with van der Waals surface area (Å²) in [5.74, 6) is 2.53. The Morgan fingerprint density at radius 2 is 1.83 bits per heavy atom. The molecular formula is C27H34O2. The van der Waals surface area contributed by atoms with Gasteiger partial charge in [0.15, 0.2) is 5.78 Å². The molecule has 0 radical (unpaired) electrons. The smallest absolute Gasteiger partial charge is 0.166 e. The van der Waals surface area contributed by atoms with Crippen LogP contribution in [0.25, 0.3) is 16.7 Å². The number of carbonyl (C=O) groups excluding carboxylic acids is 1. The van der Waals surface area contributed by atoms with E-state index < -0.39 is 0 Å². The second-order valence-corrected chi connectivity index (χ2v) is 9.28. The van der Waals surface area contributed by atoms with Crippen molar-refractivity contribution < 1.29 is 9.21 Å². The molecule has 2 aromatic rings. The summed E-state index contributed by atoms with van der Waals surface area (Å²) in [6.07, 6.45) is 10.0. The van der Waals surface area contributed by atoms with E-state index >= 15 is 0 Å². The second-order valence-electron chi connectivity index (χ2n) is 9.28. The SMILES string of the molecule is CCc1ccc(-c2ccoc2)cc1C1=C(CC(C)C(C)CC)C2CCC(C2)C1=O. The summed E-state index contributed by atoms with van der Waals surface area (Å²) in [7, 11) is 0. The van der Waals surface area contributed by atoms with Crippen molar-refractivity contribution in [3.05, 3.63) is 53.5 Å². The lowest BCUT2D eigenvalue weighted by Crippen LogP contribution is -2.24. The maximum atomic E-state index is 13.6. The summed E-state index contributed by atoms with van der Waals surface area (Å²) >= 11 is 0. The van der Waals surface area contributed by atoms with Gasteiger partial charge in [-0.25, -0.2) is 0 Å². The molecule has 0 saturated heterocycles. The largest absolute Gasteiger partial charge is 0.472 e. The lowest BCUT2D eigenvalue weighted by molar-refractivity contribution is -0.117.